The van der Waals surface area contributed by atoms with Gasteiger partial charge in [0.05, 0.1) is 13.7 Å². The van der Waals surface area contributed by atoms with Crippen LogP contribution in [0.1, 0.15) is 12.8 Å². The van der Waals surface area contributed by atoms with Crippen LogP contribution in [0.5, 0.6) is 17.2 Å². The second kappa shape index (κ2) is 8.72. The second-order valence-corrected chi connectivity index (χ2v) is 6.67. The molecule has 3 rings (SSSR count). The number of hydrogen-bond donors (Lipinski definition) is 0. The molecule has 0 fully saturated rings. The fourth-order valence-corrected chi connectivity index (χ4v) is 2.90. The van der Waals surface area contributed by atoms with E-state index < -0.39 is 0 Å². The fraction of sp³-hybridized carbons (Fsp3) is 0.190. The van der Waals surface area contributed by atoms with Crippen LogP contribution in [0.25, 0.3) is 10.8 Å². The predicted molar refractivity (Wildman–Crippen MR) is 105 cm³/mol. The summed E-state index contributed by atoms with van der Waals surface area (Å²) in [6.45, 7) is 0.452. The molecule has 4 nitrogen and oxygen atoms in total. The first-order chi connectivity index (χ1) is 12.6. The van der Waals surface area contributed by atoms with Gasteiger partial charge >= 0.3 is 5.97 Å². The Morgan fingerprint density at radius 3 is 2.31 bits per heavy atom. The highest BCUT2D eigenvalue weighted by Gasteiger charge is 2.06. The van der Waals surface area contributed by atoms with E-state index in [1.807, 2.05) is 54.6 Å². The van der Waals surface area contributed by atoms with Crippen molar-refractivity contribution in [1.82, 2.24) is 0 Å². The van der Waals surface area contributed by atoms with Gasteiger partial charge in [-0.05, 0) is 65.7 Å². The quantitative estimate of drug-likeness (QED) is 0.296. The van der Waals surface area contributed by atoms with Crippen molar-refractivity contribution >= 4 is 32.7 Å². The summed E-state index contributed by atoms with van der Waals surface area (Å²) in [5.74, 6) is 1.82. The Hall–Kier alpha value is -2.53. The SMILES string of the molecule is COc1ccc(OCCCC(=O)Oc2ccc3cc(Br)ccc3c2)cc1. The Balaban J connectivity index is 1.45. The van der Waals surface area contributed by atoms with E-state index in [9.17, 15) is 4.79 Å². The van der Waals surface area contributed by atoms with Gasteiger partial charge in [-0.25, -0.2) is 0 Å². The first-order valence-electron chi connectivity index (χ1n) is 8.31. The maximum Gasteiger partial charge on any atom is 0.311 e. The zero-order chi connectivity index (χ0) is 18.4. The fourth-order valence-electron chi connectivity index (χ4n) is 2.52. The van der Waals surface area contributed by atoms with E-state index >= 15 is 0 Å². The molecular weight excluding hydrogens is 396 g/mol. The summed E-state index contributed by atoms with van der Waals surface area (Å²) >= 11 is 3.45. The number of carbonyl (C=O) groups excluding carboxylic acids is 1. The van der Waals surface area contributed by atoms with E-state index in [1.165, 1.54) is 0 Å². The Bertz CT molecular complexity index is 890. The van der Waals surface area contributed by atoms with Gasteiger partial charge in [-0.1, -0.05) is 28.1 Å². The van der Waals surface area contributed by atoms with Gasteiger partial charge in [0.15, 0.2) is 0 Å². The van der Waals surface area contributed by atoms with Crippen molar-refractivity contribution in [3.8, 4) is 17.2 Å². The van der Waals surface area contributed by atoms with Crippen LogP contribution in [0.15, 0.2) is 65.1 Å². The Morgan fingerprint density at radius 1 is 0.885 bits per heavy atom. The van der Waals surface area contributed by atoms with E-state index in [4.69, 9.17) is 14.2 Å². The lowest BCUT2D eigenvalue weighted by atomic mass is 10.1. The molecule has 0 N–H and O–H groups in total. The summed E-state index contributed by atoms with van der Waals surface area (Å²) in [6, 6.07) is 18.9. The van der Waals surface area contributed by atoms with Gasteiger partial charge in [0.25, 0.3) is 0 Å². The number of ether oxygens (including phenoxy) is 3. The molecule has 26 heavy (non-hydrogen) atoms. The van der Waals surface area contributed by atoms with Crippen molar-refractivity contribution in [2.45, 2.75) is 12.8 Å². The van der Waals surface area contributed by atoms with E-state index in [-0.39, 0.29) is 5.97 Å². The first-order valence-corrected chi connectivity index (χ1v) is 9.10. The average Bonchev–Trinajstić information content (AvgIpc) is 2.66. The van der Waals surface area contributed by atoms with E-state index in [0.29, 0.717) is 25.2 Å². The van der Waals surface area contributed by atoms with Gasteiger partial charge in [-0.2, -0.15) is 0 Å². The average molecular weight is 415 g/mol. The second-order valence-electron chi connectivity index (χ2n) is 5.75. The minimum Gasteiger partial charge on any atom is -0.497 e. The highest BCUT2D eigenvalue weighted by molar-refractivity contribution is 9.10. The van der Waals surface area contributed by atoms with Gasteiger partial charge in [-0.15, -0.1) is 0 Å². The van der Waals surface area contributed by atoms with Crippen molar-refractivity contribution < 1.29 is 19.0 Å². The largest absolute Gasteiger partial charge is 0.497 e. The third-order valence-electron chi connectivity index (χ3n) is 3.86. The lowest BCUT2D eigenvalue weighted by Gasteiger charge is -2.08. The minimum absolute atomic E-state index is 0.264. The number of carbonyl (C=O) groups is 1. The standard InChI is InChI=1S/C21H19BrO4/c1-24-18-8-10-19(11-9-18)25-12-2-3-21(23)26-20-7-5-15-13-17(22)6-4-16(15)14-20/h4-11,13-14H,2-3,12H2,1H3. The van der Waals surface area contributed by atoms with E-state index in [0.717, 1.165) is 26.7 Å². The monoisotopic (exact) mass is 414 g/mol. The molecule has 0 radical (unpaired) electrons. The lowest BCUT2D eigenvalue weighted by molar-refractivity contribution is -0.134. The van der Waals surface area contributed by atoms with Crippen LogP contribution in [-0.4, -0.2) is 19.7 Å². The smallest absolute Gasteiger partial charge is 0.311 e. The molecule has 0 amide bonds. The van der Waals surface area contributed by atoms with Crippen LogP contribution in [0.3, 0.4) is 0 Å². The molecule has 0 aliphatic heterocycles. The van der Waals surface area contributed by atoms with Gasteiger partial charge in [-0.3, -0.25) is 4.79 Å². The highest BCUT2D eigenvalue weighted by atomic mass is 79.9. The molecule has 5 heteroatoms. The zero-order valence-corrected chi connectivity index (χ0v) is 16.0. The molecule has 0 aliphatic carbocycles. The molecule has 134 valence electrons. The summed E-state index contributed by atoms with van der Waals surface area (Å²) < 4.78 is 17.1. The molecule has 0 spiro atoms. The molecule has 0 saturated heterocycles. The van der Waals surface area contributed by atoms with Crippen molar-refractivity contribution in [2.75, 3.05) is 13.7 Å². The molecule has 0 bridgehead atoms. The van der Waals surface area contributed by atoms with Crippen LogP contribution < -0.4 is 14.2 Å². The van der Waals surface area contributed by atoms with Crippen molar-refractivity contribution in [1.29, 1.82) is 0 Å². The molecule has 0 atom stereocenters. The molecular formula is C21H19BrO4. The van der Waals surface area contributed by atoms with Gasteiger partial charge in [0.2, 0.25) is 0 Å². The number of halogens is 1. The molecule has 0 saturated carbocycles. The number of fused-ring (bicyclic) bond motifs is 1. The third kappa shape index (κ3) is 4.99. The Morgan fingerprint density at radius 2 is 1.54 bits per heavy atom. The van der Waals surface area contributed by atoms with Crippen LogP contribution in [0.4, 0.5) is 0 Å². The van der Waals surface area contributed by atoms with Crippen LogP contribution in [-0.2, 0) is 4.79 Å². The molecule has 0 unspecified atom stereocenters. The summed E-state index contributed by atoms with van der Waals surface area (Å²) in [5.41, 5.74) is 0. The van der Waals surface area contributed by atoms with Crippen molar-refractivity contribution in [3.05, 3.63) is 65.1 Å². The number of rotatable bonds is 7. The molecule has 0 heterocycles. The lowest BCUT2D eigenvalue weighted by Crippen LogP contribution is -2.09. The molecule has 3 aromatic rings. The Kier molecular flexibility index (Phi) is 6.12. The highest BCUT2D eigenvalue weighted by Crippen LogP contribution is 2.24. The van der Waals surface area contributed by atoms with Crippen LogP contribution in [0.2, 0.25) is 0 Å². The number of benzene rings is 3. The minimum atomic E-state index is -0.264. The molecule has 0 aromatic heterocycles. The van der Waals surface area contributed by atoms with Crippen molar-refractivity contribution in [3.63, 3.8) is 0 Å². The summed E-state index contributed by atoms with van der Waals surface area (Å²) in [4.78, 5) is 12.0. The normalized spacial score (nSPS) is 10.5. The summed E-state index contributed by atoms with van der Waals surface area (Å²) in [5, 5.41) is 2.12. The third-order valence-corrected chi connectivity index (χ3v) is 4.35. The number of esters is 1. The number of methoxy groups -OCH3 is 1. The van der Waals surface area contributed by atoms with Crippen LogP contribution >= 0.6 is 15.9 Å². The summed E-state index contributed by atoms with van der Waals surface area (Å²) in [6.07, 6.45) is 0.889. The Labute approximate surface area is 160 Å². The van der Waals surface area contributed by atoms with Crippen molar-refractivity contribution in [2.24, 2.45) is 0 Å². The summed E-state index contributed by atoms with van der Waals surface area (Å²) in [7, 11) is 1.62. The van der Waals surface area contributed by atoms with Gasteiger partial charge in [0, 0.05) is 10.9 Å². The van der Waals surface area contributed by atoms with Crippen LogP contribution in [0, 0.1) is 0 Å². The first kappa shape index (κ1) is 18.3. The zero-order valence-electron chi connectivity index (χ0n) is 14.4. The maximum atomic E-state index is 12.0. The maximum absolute atomic E-state index is 12.0. The van der Waals surface area contributed by atoms with E-state index in [2.05, 4.69) is 15.9 Å². The predicted octanol–water partition coefficient (Wildman–Crippen LogP) is 5.38. The van der Waals surface area contributed by atoms with E-state index in [1.54, 1.807) is 13.2 Å². The van der Waals surface area contributed by atoms with Gasteiger partial charge < -0.3 is 14.2 Å². The number of hydrogen-bond acceptors (Lipinski definition) is 4. The molecule has 0 aliphatic rings. The van der Waals surface area contributed by atoms with Gasteiger partial charge in [0.1, 0.15) is 17.2 Å². The molecule has 3 aromatic carbocycles. The topological polar surface area (TPSA) is 44.8 Å².